The lowest BCUT2D eigenvalue weighted by atomic mass is 10.4. The van der Waals surface area contributed by atoms with Crippen LogP contribution in [0.1, 0.15) is 5.69 Å². The van der Waals surface area contributed by atoms with Gasteiger partial charge in [-0.15, -0.1) is 0 Å². The number of hydrogen-bond acceptors (Lipinski definition) is 1. The Morgan fingerprint density at radius 2 is 2.44 bits per heavy atom. The maximum absolute atomic E-state index is 8.37. The molecule has 0 aliphatic rings. The highest BCUT2D eigenvalue weighted by molar-refractivity contribution is 5.43. The molecule has 1 aromatic rings. The zero-order valence-electron chi connectivity index (χ0n) is 5.28. The van der Waals surface area contributed by atoms with Gasteiger partial charge in [0.2, 0.25) is 0 Å². The second-order valence-corrected chi connectivity index (χ2v) is 1.86. The molecule has 0 unspecified atom stereocenters. The zero-order valence-corrected chi connectivity index (χ0v) is 5.28. The van der Waals surface area contributed by atoms with E-state index in [1.54, 1.807) is 6.08 Å². The minimum absolute atomic E-state index is 0.998. The van der Waals surface area contributed by atoms with Crippen molar-refractivity contribution in [2.24, 2.45) is 7.05 Å². The Kier molecular flexibility index (Phi) is 1.58. The summed E-state index contributed by atoms with van der Waals surface area (Å²) >= 11 is 0. The monoisotopic (exact) mass is 123 g/mol. The Bertz CT molecular complexity index is 212. The summed E-state index contributed by atoms with van der Waals surface area (Å²) in [6.45, 7) is 0. The normalized spacial score (nSPS) is 10.8. The fourth-order valence-corrected chi connectivity index (χ4v) is 0.724. The van der Waals surface area contributed by atoms with Crippen LogP contribution in [0.3, 0.4) is 0 Å². The Labute approximate surface area is 54.0 Å². The van der Waals surface area contributed by atoms with Gasteiger partial charge in [0.1, 0.15) is 0 Å². The molecular weight excluding hydrogens is 114 g/mol. The fourth-order valence-electron chi connectivity index (χ4n) is 0.724. The van der Waals surface area contributed by atoms with Crippen molar-refractivity contribution in [2.75, 3.05) is 0 Å². The summed E-state index contributed by atoms with van der Waals surface area (Å²) < 4.78 is 1.92. The van der Waals surface area contributed by atoms with Crippen LogP contribution in [0.5, 0.6) is 0 Å². The number of nitrogens with zero attached hydrogens (tertiary/aromatic N) is 1. The minimum atomic E-state index is 0.998. The minimum Gasteiger partial charge on any atom is -0.516 e. The third kappa shape index (κ3) is 1.13. The maximum Gasteiger partial charge on any atom is 0.0812 e. The molecule has 2 nitrogen and oxygen atoms in total. The van der Waals surface area contributed by atoms with E-state index in [1.165, 1.54) is 0 Å². The molecule has 9 heavy (non-hydrogen) atoms. The van der Waals surface area contributed by atoms with E-state index in [0.717, 1.165) is 12.0 Å². The molecule has 0 spiro atoms. The first-order valence-electron chi connectivity index (χ1n) is 2.76. The second kappa shape index (κ2) is 2.40. The molecule has 0 aliphatic heterocycles. The van der Waals surface area contributed by atoms with Crippen molar-refractivity contribution in [3.8, 4) is 0 Å². The van der Waals surface area contributed by atoms with E-state index in [9.17, 15) is 0 Å². The molecule has 0 aliphatic carbocycles. The van der Waals surface area contributed by atoms with Crippen molar-refractivity contribution in [1.29, 1.82) is 0 Å². The summed E-state index contributed by atoms with van der Waals surface area (Å²) in [7, 11) is 1.93. The van der Waals surface area contributed by atoms with Gasteiger partial charge in [-0.2, -0.15) is 0 Å². The van der Waals surface area contributed by atoms with Gasteiger partial charge in [0.05, 0.1) is 6.26 Å². The van der Waals surface area contributed by atoms with Crippen molar-refractivity contribution in [3.05, 3.63) is 30.3 Å². The Morgan fingerprint density at radius 3 is 2.89 bits per heavy atom. The van der Waals surface area contributed by atoms with Gasteiger partial charge in [-0.1, -0.05) is 0 Å². The lowest BCUT2D eigenvalue weighted by Gasteiger charge is -1.92. The summed E-state index contributed by atoms with van der Waals surface area (Å²) in [6, 6.07) is 3.85. The van der Waals surface area contributed by atoms with E-state index in [2.05, 4.69) is 0 Å². The Morgan fingerprint density at radius 1 is 1.67 bits per heavy atom. The van der Waals surface area contributed by atoms with Crippen LogP contribution in [0.15, 0.2) is 24.6 Å². The third-order valence-corrected chi connectivity index (χ3v) is 1.23. The van der Waals surface area contributed by atoms with E-state index in [-0.39, 0.29) is 0 Å². The second-order valence-electron chi connectivity index (χ2n) is 1.86. The summed E-state index contributed by atoms with van der Waals surface area (Å²) in [6.07, 6.45) is 4.60. The first-order valence-corrected chi connectivity index (χ1v) is 2.76. The molecule has 0 fully saturated rings. The van der Waals surface area contributed by atoms with Crippen LogP contribution in [0.2, 0.25) is 0 Å². The van der Waals surface area contributed by atoms with E-state index < -0.39 is 0 Å². The summed E-state index contributed by atoms with van der Waals surface area (Å²) in [5.74, 6) is 0. The van der Waals surface area contributed by atoms with Gasteiger partial charge in [0, 0.05) is 18.9 Å². The van der Waals surface area contributed by atoms with Gasteiger partial charge in [-0.25, -0.2) is 0 Å². The number of aliphatic hydroxyl groups is 1. The van der Waals surface area contributed by atoms with Gasteiger partial charge in [0.15, 0.2) is 0 Å². The fraction of sp³-hybridized carbons (Fsp3) is 0.143. The van der Waals surface area contributed by atoms with Crippen LogP contribution < -0.4 is 0 Å². The first kappa shape index (κ1) is 5.95. The van der Waals surface area contributed by atoms with Crippen molar-refractivity contribution < 1.29 is 5.11 Å². The average molecular weight is 123 g/mol. The molecule has 1 N–H and O–H groups in total. The number of aliphatic hydroxyl groups excluding tert-OH is 1. The number of aromatic nitrogens is 1. The number of aryl methyl sites for hydroxylation is 1. The number of rotatable bonds is 1. The molecule has 2 heteroatoms. The van der Waals surface area contributed by atoms with E-state index >= 15 is 0 Å². The van der Waals surface area contributed by atoms with E-state index in [4.69, 9.17) is 5.11 Å². The van der Waals surface area contributed by atoms with Crippen molar-refractivity contribution >= 4 is 6.08 Å². The topological polar surface area (TPSA) is 25.2 Å². The predicted octanol–water partition coefficient (Wildman–Crippen LogP) is 1.55. The molecule has 0 bridgehead atoms. The number of hydrogen-bond donors (Lipinski definition) is 1. The molecule has 48 valence electrons. The quantitative estimate of drug-likeness (QED) is 0.563. The molecular formula is C7H9NO. The molecule has 1 rings (SSSR count). The van der Waals surface area contributed by atoms with Gasteiger partial charge in [-0.05, 0) is 18.2 Å². The lowest BCUT2D eigenvalue weighted by Crippen LogP contribution is -1.85. The van der Waals surface area contributed by atoms with E-state index in [1.807, 2.05) is 29.9 Å². The van der Waals surface area contributed by atoms with Gasteiger partial charge in [0.25, 0.3) is 0 Å². The predicted molar refractivity (Wildman–Crippen MR) is 37.1 cm³/mol. The van der Waals surface area contributed by atoms with Crippen LogP contribution >= 0.6 is 0 Å². The van der Waals surface area contributed by atoms with Gasteiger partial charge < -0.3 is 9.67 Å². The van der Waals surface area contributed by atoms with Crippen LogP contribution in [-0.2, 0) is 7.05 Å². The average Bonchev–Trinajstić information content (AvgIpc) is 2.18. The zero-order chi connectivity index (χ0) is 6.69. The molecule has 0 saturated carbocycles. The smallest absolute Gasteiger partial charge is 0.0812 e. The molecule has 0 saturated heterocycles. The summed E-state index contributed by atoms with van der Waals surface area (Å²) in [5.41, 5.74) is 0.998. The van der Waals surface area contributed by atoms with Crippen LogP contribution in [0, 0.1) is 0 Å². The highest BCUT2D eigenvalue weighted by Gasteiger charge is 1.87. The van der Waals surface area contributed by atoms with Crippen molar-refractivity contribution in [1.82, 2.24) is 4.57 Å². The Balaban J connectivity index is 2.94. The Hall–Kier alpha value is -1.18. The van der Waals surface area contributed by atoms with Gasteiger partial charge >= 0.3 is 0 Å². The van der Waals surface area contributed by atoms with Crippen LogP contribution in [0.4, 0.5) is 0 Å². The summed E-state index contributed by atoms with van der Waals surface area (Å²) in [4.78, 5) is 0. The largest absolute Gasteiger partial charge is 0.516 e. The van der Waals surface area contributed by atoms with Crippen LogP contribution in [0.25, 0.3) is 6.08 Å². The molecule has 1 aromatic heterocycles. The molecule has 1 heterocycles. The van der Waals surface area contributed by atoms with Crippen LogP contribution in [-0.4, -0.2) is 9.67 Å². The SMILES string of the molecule is Cn1cccc1C=CO. The first-order chi connectivity index (χ1) is 4.34. The molecule has 0 atom stereocenters. The maximum atomic E-state index is 8.37. The third-order valence-electron chi connectivity index (χ3n) is 1.23. The molecule has 0 radical (unpaired) electrons. The van der Waals surface area contributed by atoms with Gasteiger partial charge in [-0.3, -0.25) is 0 Å². The van der Waals surface area contributed by atoms with E-state index in [0.29, 0.717) is 0 Å². The molecule has 0 aromatic carbocycles. The molecule has 0 amide bonds. The highest BCUT2D eigenvalue weighted by atomic mass is 16.2. The highest BCUT2D eigenvalue weighted by Crippen LogP contribution is 2.00. The van der Waals surface area contributed by atoms with Crippen molar-refractivity contribution in [2.45, 2.75) is 0 Å². The van der Waals surface area contributed by atoms with Crippen molar-refractivity contribution in [3.63, 3.8) is 0 Å². The standard InChI is InChI=1S/C7H9NO/c1-8-5-2-3-7(8)4-6-9/h2-6,9H,1H3. The summed E-state index contributed by atoms with van der Waals surface area (Å²) in [5, 5.41) is 8.37. The lowest BCUT2D eigenvalue weighted by molar-refractivity contribution is 0.477.